The van der Waals surface area contributed by atoms with Crippen LogP contribution in [-0.2, 0) is 220 Å². The quantitative estimate of drug-likeness (QED) is 0.403. The molecule has 1 saturated heterocycles. The summed E-state index contributed by atoms with van der Waals surface area (Å²) in [6, 6.07) is 6.70. The molecule has 0 bridgehead atoms. The minimum atomic E-state index is -0.303. The minimum absolute atomic E-state index is 0.00150. The van der Waals surface area contributed by atoms with Crippen molar-refractivity contribution in [1.29, 1.82) is 0 Å². The first-order valence-electron chi connectivity index (χ1n) is 12.1. The van der Waals surface area contributed by atoms with Gasteiger partial charge in [-0.3, -0.25) is 4.90 Å². The molecule has 26 heteroatoms. The summed E-state index contributed by atoms with van der Waals surface area (Å²) in [5.41, 5.74) is 3.31. The van der Waals surface area contributed by atoms with Crippen molar-refractivity contribution in [3.8, 4) is 0 Å². The number of fused-ring (bicyclic) bond motifs is 1. The largest absolute Gasteiger partial charge is 0.494 e. The highest BCUT2D eigenvalue weighted by Gasteiger charge is 2.53. The summed E-state index contributed by atoms with van der Waals surface area (Å²) < 4.78 is 12.4. The van der Waals surface area contributed by atoms with Gasteiger partial charge in [-0.2, -0.15) is 0 Å². The Morgan fingerprint density at radius 1 is 0.511 bits per heavy atom. The highest BCUT2D eigenvalue weighted by Crippen LogP contribution is 2.48. The average Bonchev–Trinajstić information content (AvgIpc) is 3.29. The molecule has 0 unspecified atom stereocenters. The van der Waals surface area contributed by atoms with Crippen molar-refractivity contribution in [2.75, 3.05) is 7.05 Å². The van der Waals surface area contributed by atoms with E-state index < -0.39 is 0 Å². The molecule has 1 aromatic carbocycles. The number of nitrogens with zero attached hydrogens (tertiary/aromatic N) is 1. The van der Waals surface area contributed by atoms with Crippen molar-refractivity contribution in [3.63, 3.8) is 0 Å². The Kier molecular flexibility index (Phi) is 23.0. The van der Waals surface area contributed by atoms with Gasteiger partial charge in [0.1, 0.15) is 0 Å². The van der Waals surface area contributed by atoms with Gasteiger partial charge in [0.15, 0.2) is 0 Å². The first-order chi connectivity index (χ1) is 21.2. The summed E-state index contributed by atoms with van der Waals surface area (Å²) in [6.45, 7) is 17.5. The van der Waals surface area contributed by atoms with Gasteiger partial charge in [0.2, 0.25) is 0 Å². The fourth-order valence-electron chi connectivity index (χ4n) is 3.99. The lowest BCUT2D eigenvalue weighted by Gasteiger charge is -2.37. The molecule has 45 heavy (non-hydrogen) atoms. The Morgan fingerprint density at radius 3 is 1.16 bits per heavy atom. The van der Waals surface area contributed by atoms with Gasteiger partial charge in [0, 0.05) is 211 Å². The number of hydrogen-bond acceptors (Lipinski definition) is 5. The average molecular weight is 1020 g/mol. The molecule has 0 N–H and O–H groups in total. The van der Waals surface area contributed by atoms with E-state index in [2.05, 4.69) is 85.5 Å². The summed E-state index contributed by atoms with van der Waals surface area (Å²) in [5, 5.41) is 0. The molecule has 2 heterocycles. The lowest BCUT2D eigenvalue weighted by molar-refractivity contribution is 0.00578. The van der Waals surface area contributed by atoms with Crippen molar-refractivity contribution in [3.05, 3.63) is 29.3 Å². The van der Waals surface area contributed by atoms with E-state index in [4.69, 9.17) is 31.7 Å². The van der Waals surface area contributed by atoms with Crippen LogP contribution in [0.15, 0.2) is 18.2 Å². The lowest BCUT2D eigenvalue weighted by Crippen LogP contribution is -2.42. The van der Waals surface area contributed by atoms with Crippen LogP contribution >= 0.6 is 0 Å². The lowest BCUT2D eigenvalue weighted by atomic mass is 9.75. The van der Waals surface area contributed by atoms with Crippen LogP contribution in [0, 0.1) is 0 Å². The Bertz CT molecular complexity index is 2060. The fraction of sp³-hybridized carbons (Fsp3) is 0.684. The monoisotopic (exact) mass is 1020 g/mol. The van der Waals surface area contributed by atoms with Crippen molar-refractivity contribution in [2.45, 2.75) is 77.7 Å². The molecule has 1 aromatic rings. The summed E-state index contributed by atoms with van der Waals surface area (Å²) >= 11 is 9.53. The molecule has 0 radical (unpaired) electrons. The van der Waals surface area contributed by atoms with Crippen LogP contribution in [0.2, 0.25) is 0 Å². The Hall–Kier alpha value is 4.00. The van der Waals surface area contributed by atoms with Crippen LogP contribution in [0.3, 0.4) is 0 Å². The van der Waals surface area contributed by atoms with E-state index in [9.17, 15) is 0 Å². The Morgan fingerprint density at radius 2 is 0.822 bits per heavy atom. The zero-order valence-corrected chi connectivity index (χ0v) is 43.0. The molecule has 258 valence electrons. The van der Waals surface area contributed by atoms with Crippen molar-refractivity contribution < 1.29 is 9.31 Å². The summed E-state index contributed by atoms with van der Waals surface area (Å²) in [4.78, 5) is 2.44. The van der Waals surface area contributed by atoms with Crippen molar-refractivity contribution in [2.24, 2.45) is 0 Å². The summed E-state index contributed by atoms with van der Waals surface area (Å²) in [6.07, 6.45) is 0. The highest BCUT2D eigenvalue weighted by molar-refractivity contribution is 8.78. The number of benzene rings is 1. The van der Waals surface area contributed by atoms with Crippen LogP contribution in [0.25, 0.3) is 0 Å². The van der Waals surface area contributed by atoms with Gasteiger partial charge >= 0.3 is 7.12 Å². The topological polar surface area (TPSA) is 21.7 Å². The van der Waals surface area contributed by atoms with Crippen LogP contribution in [0.4, 0.5) is 0 Å². The zero-order valence-electron chi connectivity index (χ0n) is 25.1. The standard InChI is InChI=1S/C19H30BNO2.S22/c1-16(2)14-11-10-13(12-15(14)17(3,4)21(16)9)20-22-18(5,6)19(7,8)23-20;1-3-5-7-9-11-13-15-17-19-21-22-20-18-16-14-12-10-8-6-4-2/h10-12H,1-9H3;. The van der Waals surface area contributed by atoms with E-state index in [-0.39, 0.29) is 29.4 Å². The van der Waals surface area contributed by atoms with Gasteiger partial charge in [-0.1, -0.05) is 18.2 Å². The van der Waals surface area contributed by atoms with Crippen molar-refractivity contribution in [1.82, 2.24) is 4.90 Å². The van der Waals surface area contributed by atoms with E-state index in [0.717, 1.165) is 5.46 Å². The molecule has 3 rings (SSSR count). The molecular formula is C19H30BNO2S22. The van der Waals surface area contributed by atoms with Gasteiger partial charge in [-0.15, -0.1) is 0 Å². The normalized spacial score (nSPS) is 17.6. The van der Waals surface area contributed by atoms with Crippen LogP contribution in [-0.4, -0.2) is 30.3 Å². The first kappa shape index (κ1) is 45.2. The van der Waals surface area contributed by atoms with Crippen molar-refractivity contribution >= 4 is 213 Å². The second-order valence-corrected chi connectivity index (χ2v) is 45.8. The number of rotatable bonds is 1. The van der Waals surface area contributed by atoms with Gasteiger partial charge in [-0.05, 0) is 79.0 Å². The second kappa shape index (κ2) is 22.9. The Balaban J connectivity index is 0.000000314. The van der Waals surface area contributed by atoms with E-state index in [1.807, 2.05) is 0 Å². The predicted molar refractivity (Wildman–Crippen MR) is 258 cm³/mol. The zero-order chi connectivity index (χ0) is 33.6. The predicted octanol–water partition coefficient (Wildman–Crippen LogP) is 3.35. The van der Waals surface area contributed by atoms with Crippen LogP contribution in [0.1, 0.15) is 66.5 Å². The molecule has 0 aliphatic carbocycles. The third-order valence-corrected chi connectivity index (χ3v) is 49.3. The molecule has 0 spiro atoms. The van der Waals surface area contributed by atoms with Gasteiger partial charge in [-0.25, -0.2) is 0 Å². The molecule has 0 atom stereocenters. The molecule has 0 aromatic heterocycles. The minimum Gasteiger partial charge on any atom is -0.399 e. The maximum absolute atomic E-state index is 6.22. The SMILES string of the molecule is CN1C(C)(C)c2ccc(B3OC(C)(C)C(C)(C)O3)cc2C1(C)C.S=S=S=S=S=S=S=S=S=S=S=S=S=S=S=S=S=S=S=S=S=S. The number of hydrogen-bond donors (Lipinski definition) is 0. The smallest absolute Gasteiger partial charge is 0.399 e. The van der Waals surface area contributed by atoms with Crippen LogP contribution in [0.5, 0.6) is 0 Å². The molecule has 0 amide bonds. The highest BCUT2D eigenvalue weighted by atomic mass is 33.5. The van der Waals surface area contributed by atoms with E-state index in [0.29, 0.717) is 0 Å². The maximum atomic E-state index is 6.22. The third-order valence-electron chi connectivity index (χ3n) is 7.09. The summed E-state index contributed by atoms with van der Waals surface area (Å²) in [5.74, 6) is 0. The molecule has 2 aliphatic heterocycles. The second-order valence-electron chi connectivity index (χ2n) is 10.4. The molecule has 1 fully saturated rings. The fourth-order valence-corrected chi connectivity index (χ4v) is 53.4. The van der Waals surface area contributed by atoms with Gasteiger partial charge in [0.25, 0.3) is 0 Å². The third kappa shape index (κ3) is 14.7. The summed E-state index contributed by atoms with van der Waals surface area (Å²) in [7, 11) is 36.4. The molecule has 3 nitrogen and oxygen atoms in total. The molecular weight excluding hydrogens is 991 g/mol. The molecule has 0 saturated carbocycles. The molecule has 2 aliphatic rings. The first-order valence-corrected chi connectivity index (χ1v) is 40.1. The van der Waals surface area contributed by atoms with Gasteiger partial charge in [0.05, 0.1) is 11.2 Å². The van der Waals surface area contributed by atoms with E-state index >= 15 is 0 Å². The van der Waals surface area contributed by atoms with E-state index in [1.165, 1.54) is 28.9 Å². The Labute approximate surface area is 334 Å². The van der Waals surface area contributed by atoms with E-state index in [1.54, 1.807) is 160 Å². The maximum Gasteiger partial charge on any atom is 0.494 e. The van der Waals surface area contributed by atoms with Gasteiger partial charge < -0.3 is 9.31 Å². The van der Waals surface area contributed by atoms with Crippen LogP contribution < -0.4 is 5.46 Å².